The molecule has 1 heterocycles. The Bertz CT molecular complexity index is 1200. The monoisotopic (exact) mass is 432 g/mol. The van der Waals surface area contributed by atoms with E-state index in [1.165, 1.54) is 0 Å². The number of rotatable bonds is 9. The first kappa shape index (κ1) is 22.3. The van der Waals surface area contributed by atoms with Gasteiger partial charge in [0.15, 0.2) is 5.78 Å². The van der Waals surface area contributed by atoms with Crippen LogP contribution in [-0.4, -0.2) is 47.4 Å². The molecule has 0 unspecified atom stereocenters. The highest BCUT2D eigenvalue weighted by Crippen LogP contribution is 2.25. The molecule has 3 amide bonds. The number of para-hydroxylation sites is 2. The number of carbonyl (C=O) groups excluding carboxylic acids is 5. The van der Waals surface area contributed by atoms with Gasteiger partial charge in [0.05, 0.1) is 23.1 Å². The molecular formula is C23H20N4O5. The third-order valence-electron chi connectivity index (χ3n) is 4.67. The zero-order chi connectivity index (χ0) is 23.1. The van der Waals surface area contributed by atoms with Crippen LogP contribution in [0.5, 0.6) is 0 Å². The minimum atomic E-state index is -1.27. The zero-order valence-corrected chi connectivity index (χ0v) is 16.9. The molecule has 9 nitrogen and oxygen atoms in total. The summed E-state index contributed by atoms with van der Waals surface area (Å²) >= 11 is 0. The van der Waals surface area contributed by atoms with Crippen molar-refractivity contribution in [2.75, 3.05) is 6.54 Å². The Balaban J connectivity index is 1.75. The second kappa shape index (κ2) is 10.1. The van der Waals surface area contributed by atoms with Crippen LogP contribution in [-0.2, 0) is 19.2 Å². The summed E-state index contributed by atoms with van der Waals surface area (Å²) < 4.78 is 0. The first-order chi connectivity index (χ1) is 15.4. The minimum Gasteiger partial charge on any atom is -0.368 e. The van der Waals surface area contributed by atoms with Crippen molar-refractivity contribution >= 4 is 51.6 Å². The predicted molar refractivity (Wildman–Crippen MR) is 118 cm³/mol. The molecule has 0 aliphatic carbocycles. The molecule has 32 heavy (non-hydrogen) atoms. The number of nitrogens with zero attached hydrogens (tertiary/aromatic N) is 1. The van der Waals surface area contributed by atoms with Crippen molar-refractivity contribution in [2.24, 2.45) is 5.73 Å². The normalized spacial score (nSPS) is 11.9. The van der Waals surface area contributed by atoms with E-state index in [-0.39, 0.29) is 0 Å². The summed E-state index contributed by atoms with van der Waals surface area (Å²) in [6.45, 7) is -0.439. The van der Waals surface area contributed by atoms with E-state index in [1.807, 2.05) is 12.1 Å². The highest BCUT2D eigenvalue weighted by Gasteiger charge is 2.22. The summed E-state index contributed by atoms with van der Waals surface area (Å²) in [6, 6.07) is 13.1. The number of aldehydes is 1. The van der Waals surface area contributed by atoms with E-state index >= 15 is 0 Å². The number of ketones is 1. The van der Waals surface area contributed by atoms with Gasteiger partial charge >= 0.3 is 0 Å². The highest BCUT2D eigenvalue weighted by atomic mass is 16.2. The van der Waals surface area contributed by atoms with Gasteiger partial charge in [0.2, 0.25) is 11.8 Å². The number of nitrogens with two attached hydrogens (primary N) is 1. The Labute approximate surface area is 182 Å². The van der Waals surface area contributed by atoms with Crippen LogP contribution in [0.3, 0.4) is 0 Å². The SMILES string of the molecule is NC(=O)[C@H](CC(=O)/C=C/C=O)NC(=O)CNC(=O)c1c2ccccc2nc2ccccc12. The van der Waals surface area contributed by atoms with Gasteiger partial charge in [-0.1, -0.05) is 36.4 Å². The van der Waals surface area contributed by atoms with Crippen LogP contribution in [0.1, 0.15) is 16.8 Å². The summed E-state index contributed by atoms with van der Waals surface area (Å²) in [7, 11) is 0. The van der Waals surface area contributed by atoms with Crippen molar-refractivity contribution in [1.82, 2.24) is 15.6 Å². The molecule has 0 saturated carbocycles. The van der Waals surface area contributed by atoms with Gasteiger partial charge in [0, 0.05) is 17.2 Å². The largest absolute Gasteiger partial charge is 0.368 e. The Hall–Kier alpha value is -4.40. The molecule has 1 aromatic heterocycles. The van der Waals surface area contributed by atoms with Gasteiger partial charge in [-0.2, -0.15) is 0 Å². The predicted octanol–water partition coefficient (Wildman–Crippen LogP) is 0.802. The molecule has 9 heteroatoms. The molecule has 2 aromatic carbocycles. The van der Waals surface area contributed by atoms with E-state index in [0.29, 0.717) is 33.7 Å². The van der Waals surface area contributed by atoms with Crippen LogP contribution >= 0.6 is 0 Å². The van der Waals surface area contributed by atoms with E-state index in [1.54, 1.807) is 36.4 Å². The number of fused-ring (bicyclic) bond motifs is 2. The van der Waals surface area contributed by atoms with Gasteiger partial charge in [-0.15, -0.1) is 0 Å². The van der Waals surface area contributed by atoms with Gasteiger partial charge in [-0.05, 0) is 24.3 Å². The standard InChI is InChI=1S/C23H20N4O5/c24-22(31)19(12-14(29)6-5-11-28)27-20(30)13-25-23(32)21-15-7-1-3-9-17(15)26-18-10-4-2-8-16(18)21/h1-11,19H,12-13H2,(H2,24,31)(H,25,32)(H,27,30)/b6-5+/t19-/m0/s1. The number of carbonyl (C=O) groups is 5. The molecule has 0 saturated heterocycles. The lowest BCUT2D eigenvalue weighted by Crippen LogP contribution is -2.48. The van der Waals surface area contributed by atoms with E-state index in [9.17, 15) is 24.0 Å². The molecule has 0 aliphatic rings. The Morgan fingerprint density at radius 3 is 2.12 bits per heavy atom. The maximum atomic E-state index is 13.0. The first-order valence-corrected chi connectivity index (χ1v) is 9.69. The summed E-state index contributed by atoms with van der Waals surface area (Å²) in [6.07, 6.45) is 1.97. The number of benzene rings is 2. The quantitative estimate of drug-likeness (QED) is 0.259. The third-order valence-corrected chi connectivity index (χ3v) is 4.67. The second-order valence-corrected chi connectivity index (χ2v) is 6.89. The average molecular weight is 432 g/mol. The summed E-state index contributed by atoms with van der Waals surface area (Å²) in [5.74, 6) is -2.66. The average Bonchev–Trinajstić information content (AvgIpc) is 2.79. The van der Waals surface area contributed by atoms with Crippen molar-refractivity contribution < 1.29 is 24.0 Å². The number of primary amides is 1. The zero-order valence-electron chi connectivity index (χ0n) is 16.9. The molecule has 1 atom stereocenters. The van der Waals surface area contributed by atoms with Gasteiger partial charge in [-0.3, -0.25) is 24.0 Å². The first-order valence-electron chi connectivity index (χ1n) is 9.69. The molecule has 3 rings (SSSR count). The lowest BCUT2D eigenvalue weighted by molar-refractivity contribution is -0.128. The summed E-state index contributed by atoms with van der Waals surface area (Å²) in [5.41, 5.74) is 6.89. The van der Waals surface area contributed by atoms with Crippen molar-refractivity contribution in [2.45, 2.75) is 12.5 Å². The minimum absolute atomic E-state index is 0.375. The molecule has 4 N–H and O–H groups in total. The van der Waals surface area contributed by atoms with Crippen molar-refractivity contribution in [3.8, 4) is 0 Å². The molecule has 0 radical (unpaired) electrons. The fourth-order valence-corrected chi connectivity index (χ4v) is 3.22. The van der Waals surface area contributed by atoms with Gasteiger partial charge in [0.25, 0.3) is 5.91 Å². The van der Waals surface area contributed by atoms with Gasteiger partial charge < -0.3 is 16.4 Å². The van der Waals surface area contributed by atoms with E-state index < -0.39 is 42.5 Å². The van der Waals surface area contributed by atoms with Crippen LogP contribution in [0.15, 0.2) is 60.7 Å². The Morgan fingerprint density at radius 1 is 0.969 bits per heavy atom. The van der Waals surface area contributed by atoms with E-state index in [2.05, 4.69) is 15.6 Å². The fraction of sp³-hybridized carbons (Fsp3) is 0.130. The van der Waals surface area contributed by atoms with Crippen LogP contribution < -0.4 is 16.4 Å². The maximum Gasteiger partial charge on any atom is 0.253 e. The van der Waals surface area contributed by atoms with Crippen LogP contribution in [0.2, 0.25) is 0 Å². The number of aromatic nitrogens is 1. The van der Waals surface area contributed by atoms with Crippen LogP contribution in [0.4, 0.5) is 0 Å². The fourth-order valence-electron chi connectivity index (χ4n) is 3.22. The van der Waals surface area contributed by atoms with Crippen molar-refractivity contribution in [3.05, 3.63) is 66.2 Å². The number of pyridine rings is 1. The Kier molecular flexibility index (Phi) is 7.02. The number of allylic oxidation sites excluding steroid dienone is 2. The number of nitrogens with one attached hydrogen (secondary N) is 2. The maximum absolute atomic E-state index is 13.0. The van der Waals surface area contributed by atoms with Gasteiger partial charge in [-0.25, -0.2) is 4.98 Å². The molecule has 0 bridgehead atoms. The second-order valence-electron chi connectivity index (χ2n) is 6.89. The highest BCUT2D eigenvalue weighted by molar-refractivity contribution is 6.16. The molecule has 0 fully saturated rings. The lowest BCUT2D eigenvalue weighted by atomic mass is 10.0. The van der Waals surface area contributed by atoms with Gasteiger partial charge in [0.1, 0.15) is 12.3 Å². The Morgan fingerprint density at radius 2 is 1.56 bits per heavy atom. The summed E-state index contributed by atoms with van der Waals surface area (Å²) in [5, 5.41) is 6.12. The smallest absolute Gasteiger partial charge is 0.253 e. The summed E-state index contributed by atoms with van der Waals surface area (Å²) in [4.78, 5) is 63.4. The van der Waals surface area contributed by atoms with E-state index in [4.69, 9.17) is 5.73 Å². The topological polar surface area (TPSA) is 148 Å². The molecule has 3 aromatic rings. The molecule has 0 aliphatic heterocycles. The van der Waals surface area contributed by atoms with Crippen molar-refractivity contribution in [1.29, 1.82) is 0 Å². The number of hydrogen-bond acceptors (Lipinski definition) is 6. The van der Waals surface area contributed by atoms with E-state index in [0.717, 1.165) is 12.2 Å². The van der Waals surface area contributed by atoms with Crippen LogP contribution in [0.25, 0.3) is 21.8 Å². The number of hydrogen-bond donors (Lipinski definition) is 3. The van der Waals surface area contributed by atoms with Crippen molar-refractivity contribution in [3.63, 3.8) is 0 Å². The molecule has 162 valence electrons. The van der Waals surface area contributed by atoms with Crippen LogP contribution in [0, 0.1) is 0 Å². The molecule has 0 spiro atoms. The molecular weight excluding hydrogens is 412 g/mol. The lowest BCUT2D eigenvalue weighted by Gasteiger charge is -2.15. The number of amides is 3. The third kappa shape index (κ3) is 5.20.